The summed E-state index contributed by atoms with van der Waals surface area (Å²) < 4.78 is 11.3. The Hall–Kier alpha value is -2.07. The van der Waals surface area contributed by atoms with Crippen molar-refractivity contribution in [3.05, 3.63) is 56.5 Å². The minimum absolute atomic E-state index is 0.109. The first-order chi connectivity index (χ1) is 13.7. The fourth-order valence-electron chi connectivity index (χ4n) is 2.09. The Labute approximate surface area is 191 Å². The van der Waals surface area contributed by atoms with E-state index in [9.17, 15) is 9.59 Å². The van der Waals surface area contributed by atoms with Gasteiger partial charge < -0.3 is 9.47 Å². The molecule has 0 radical (unpaired) electrons. The van der Waals surface area contributed by atoms with Gasteiger partial charge >= 0.3 is 0 Å². The number of hydrogen-bond donors (Lipinski definition) is 3. The van der Waals surface area contributed by atoms with Crippen LogP contribution in [0.5, 0.6) is 11.5 Å². The minimum Gasteiger partial charge on any atom is -0.496 e. The number of hydrogen-bond acceptors (Lipinski definition) is 5. The van der Waals surface area contributed by atoms with E-state index in [1.54, 1.807) is 30.3 Å². The molecule has 7 nitrogen and oxygen atoms in total. The van der Waals surface area contributed by atoms with Crippen LogP contribution in [0.4, 0.5) is 0 Å². The maximum atomic E-state index is 12.4. The topological polar surface area (TPSA) is 88.7 Å². The molecule has 2 amide bonds. The van der Waals surface area contributed by atoms with Crippen LogP contribution in [-0.2, 0) is 4.79 Å². The molecule has 0 heterocycles. The fourth-order valence-corrected chi connectivity index (χ4v) is 3.05. The van der Waals surface area contributed by atoms with Gasteiger partial charge in [-0.05, 0) is 55.5 Å². The number of amides is 2. The van der Waals surface area contributed by atoms with Gasteiger partial charge in [-0.15, -0.1) is 0 Å². The van der Waals surface area contributed by atoms with Crippen LogP contribution in [0.1, 0.15) is 17.3 Å². The number of rotatable bonds is 5. The summed E-state index contributed by atoms with van der Waals surface area (Å²) in [5.74, 6) is -0.365. The van der Waals surface area contributed by atoms with Crippen LogP contribution in [0.25, 0.3) is 0 Å². The summed E-state index contributed by atoms with van der Waals surface area (Å²) in [5.41, 5.74) is 5.06. The molecule has 0 bridgehead atoms. The van der Waals surface area contributed by atoms with Crippen molar-refractivity contribution in [1.82, 2.24) is 16.2 Å². The molecule has 0 fully saturated rings. The Morgan fingerprint density at radius 3 is 2.45 bits per heavy atom. The van der Waals surface area contributed by atoms with E-state index in [1.165, 1.54) is 20.1 Å². The van der Waals surface area contributed by atoms with Gasteiger partial charge in [0.25, 0.3) is 11.8 Å². The van der Waals surface area contributed by atoms with Crippen molar-refractivity contribution < 1.29 is 19.1 Å². The first-order valence-electron chi connectivity index (χ1n) is 8.07. The molecule has 2 rings (SSSR count). The van der Waals surface area contributed by atoms with Gasteiger partial charge in [0.1, 0.15) is 11.5 Å². The van der Waals surface area contributed by atoms with Crippen LogP contribution in [0.15, 0.2) is 40.9 Å². The summed E-state index contributed by atoms with van der Waals surface area (Å²) in [5, 5.41) is 3.06. The highest BCUT2D eigenvalue weighted by Gasteiger charge is 2.18. The van der Waals surface area contributed by atoms with Crippen LogP contribution in [0, 0.1) is 0 Å². The molecule has 0 saturated heterocycles. The Morgan fingerprint density at radius 2 is 1.79 bits per heavy atom. The first kappa shape index (κ1) is 23.2. The van der Waals surface area contributed by atoms with E-state index in [-0.39, 0.29) is 15.7 Å². The summed E-state index contributed by atoms with van der Waals surface area (Å²) >= 11 is 20.2. The predicted octanol–water partition coefficient (Wildman–Crippen LogP) is 3.87. The molecule has 0 aliphatic carbocycles. The molecular formula is C18H16BrCl2N3O4S. The molecule has 29 heavy (non-hydrogen) atoms. The Morgan fingerprint density at radius 1 is 1.10 bits per heavy atom. The average molecular weight is 521 g/mol. The summed E-state index contributed by atoms with van der Waals surface area (Å²) in [6.45, 7) is 1.52. The second kappa shape index (κ2) is 10.6. The van der Waals surface area contributed by atoms with E-state index in [0.29, 0.717) is 21.0 Å². The lowest BCUT2D eigenvalue weighted by Gasteiger charge is -2.17. The molecule has 11 heteroatoms. The molecule has 0 saturated carbocycles. The molecule has 2 aromatic carbocycles. The minimum atomic E-state index is -0.898. The highest BCUT2D eigenvalue weighted by Crippen LogP contribution is 2.28. The maximum Gasteiger partial charge on any atom is 0.279 e. The molecule has 2 aromatic rings. The fraction of sp³-hybridized carbons (Fsp3) is 0.167. The largest absolute Gasteiger partial charge is 0.496 e. The third kappa shape index (κ3) is 6.74. The lowest BCUT2D eigenvalue weighted by atomic mass is 10.2. The van der Waals surface area contributed by atoms with Gasteiger partial charge in [-0.3, -0.25) is 25.8 Å². The van der Waals surface area contributed by atoms with Crippen molar-refractivity contribution in [3.8, 4) is 11.5 Å². The second-order valence-corrected chi connectivity index (χ2v) is 7.74. The molecule has 0 aliphatic heterocycles. The van der Waals surface area contributed by atoms with Crippen molar-refractivity contribution in [2.24, 2.45) is 0 Å². The zero-order valence-electron chi connectivity index (χ0n) is 15.2. The second-order valence-electron chi connectivity index (χ2n) is 5.58. The normalized spacial score (nSPS) is 11.2. The standard InChI is InChI=1S/C18H16BrCl2N3O4S/c1-9(28-15-6-4-11(20)8-13(15)21)16(25)23-24-18(29)22-17(26)12-7-10(19)3-5-14(12)27-2/h3-9H,1-2H3,(H,23,25)(H2,22,24,26,29). The van der Waals surface area contributed by atoms with Gasteiger partial charge in [0.15, 0.2) is 11.2 Å². The number of carbonyl (C=O) groups excluding carboxylic acids is 2. The van der Waals surface area contributed by atoms with E-state index in [2.05, 4.69) is 32.1 Å². The lowest BCUT2D eigenvalue weighted by molar-refractivity contribution is -0.127. The van der Waals surface area contributed by atoms with Crippen molar-refractivity contribution in [2.75, 3.05) is 7.11 Å². The van der Waals surface area contributed by atoms with Gasteiger partial charge in [-0.2, -0.15) is 0 Å². The van der Waals surface area contributed by atoms with E-state index in [4.69, 9.17) is 44.9 Å². The van der Waals surface area contributed by atoms with E-state index in [1.807, 2.05) is 0 Å². The number of halogens is 3. The number of carbonyl (C=O) groups is 2. The zero-order chi connectivity index (χ0) is 21.6. The van der Waals surface area contributed by atoms with Crippen LogP contribution < -0.4 is 25.6 Å². The van der Waals surface area contributed by atoms with Crippen LogP contribution in [0.3, 0.4) is 0 Å². The summed E-state index contributed by atoms with van der Waals surface area (Å²) in [6.07, 6.45) is -0.898. The average Bonchev–Trinajstić information content (AvgIpc) is 2.68. The lowest BCUT2D eigenvalue weighted by Crippen LogP contribution is -2.51. The van der Waals surface area contributed by atoms with E-state index >= 15 is 0 Å². The number of thiocarbonyl (C=S) groups is 1. The molecule has 0 aliphatic rings. The summed E-state index contributed by atoms with van der Waals surface area (Å²) in [7, 11) is 1.45. The molecule has 1 atom stereocenters. The number of benzene rings is 2. The third-order valence-corrected chi connectivity index (χ3v) is 4.73. The van der Waals surface area contributed by atoms with Crippen LogP contribution in [-0.4, -0.2) is 30.1 Å². The summed E-state index contributed by atoms with van der Waals surface area (Å²) in [4.78, 5) is 24.5. The zero-order valence-corrected chi connectivity index (χ0v) is 19.1. The van der Waals surface area contributed by atoms with Crippen molar-refractivity contribution in [2.45, 2.75) is 13.0 Å². The van der Waals surface area contributed by atoms with Gasteiger partial charge in [0.2, 0.25) is 0 Å². The number of ether oxygens (including phenoxy) is 2. The third-order valence-electron chi connectivity index (χ3n) is 3.50. The van der Waals surface area contributed by atoms with Crippen molar-refractivity contribution in [1.29, 1.82) is 0 Å². The monoisotopic (exact) mass is 519 g/mol. The highest BCUT2D eigenvalue weighted by atomic mass is 79.9. The van der Waals surface area contributed by atoms with Gasteiger partial charge in [0.05, 0.1) is 17.7 Å². The number of methoxy groups -OCH3 is 1. The van der Waals surface area contributed by atoms with Crippen LogP contribution in [0.2, 0.25) is 10.0 Å². The van der Waals surface area contributed by atoms with Gasteiger partial charge in [0, 0.05) is 9.50 Å². The van der Waals surface area contributed by atoms with Crippen molar-refractivity contribution >= 4 is 68.3 Å². The predicted molar refractivity (Wildman–Crippen MR) is 119 cm³/mol. The molecule has 0 aromatic heterocycles. The first-order valence-corrected chi connectivity index (χ1v) is 10.0. The Bertz CT molecular complexity index is 945. The quantitative estimate of drug-likeness (QED) is 0.409. The number of nitrogens with one attached hydrogen (secondary N) is 3. The molecular weight excluding hydrogens is 505 g/mol. The molecule has 1 unspecified atom stereocenters. The number of hydrazine groups is 1. The van der Waals surface area contributed by atoms with E-state index < -0.39 is 17.9 Å². The van der Waals surface area contributed by atoms with E-state index in [0.717, 1.165) is 0 Å². The highest BCUT2D eigenvalue weighted by molar-refractivity contribution is 9.10. The molecule has 0 spiro atoms. The SMILES string of the molecule is COc1ccc(Br)cc1C(=O)NC(=S)NNC(=O)C(C)Oc1ccc(Cl)cc1Cl. The summed E-state index contributed by atoms with van der Waals surface area (Å²) in [6, 6.07) is 9.60. The van der Waals surface area contributed by atoms with Gasteiger partial charge in [-0.25, -0.2) is 0 Å². The van der Waals surface area contributed by atoms with Crippen molar-refractivity contribution in [3.63, 3.8) is 0 Å². The molecule has 3 N–H and O–H groups in total. The van der Waals surface area contributed by atoms with Crippen LogP contribution >= 0.6 is 51.3 Å². The Kier molecular flexibility index (Phi) is 8.51. The Balaban J connectivity index is 1.89. The maximum absolute atomic E-state index is 12.4. The smallest absolute Gasteiger partial charge is 0.279 e. The molecule has 154 valence electrons. The van der Waals surface area contributed by atoms with Gasteiger partial charge in [-0.1, -0.05) is 39.1 Å².